The molecule has 1 atom stereocenters. The number of amides is 1. The van der Waals surface area contributed by atoms with Gasteiger partial charge in [0.05, 0.1) is 22.0 Å². The van der Waals surface area contributed by atoms with Crippen LogP contribution in [0.5, 0.6) is 0 Å². The maximum atomic E-state index is 12.8. The molecule has 4 aromatic rings. The van der Waals surface area contributed by atoms with E-state index in [9.17, 15) is 4.79 Å². The first-order valence-electron chi connectivity index (χ1n) is 9.24. The highest BCUT2D eigenvalue weighted by Crippen LogP contribution is 2.29. The highest BCUT2D eigenvalue weighted by molar-refractivity contribution is 7.99. The van der Waals surface area contributed by atoms with E-state index in [1.807, 2.05) is 67.9 Å². The molecule has 1 unspecified atom stereocenters. The number of carbonyl (C=O) groups excluding carboxylic acids is 1. The predicted molar refractivity (Wildman–Crippen MR) is 118 cm³/mol. The molecule has 4 rings (SSSR count). The summed E-state index contributed by atoms with van der Waals surface area (Å²) in [5.41, 5.74) is 3.14. The van der Waals surface area contributed by atoms with Crippen molar-refractivity contribution in [3.8, 4) is 5.69 Å². The topological polar surface area (TPSA) is 63.9 Å². The summed E-state index contributed by atoms with van der Waals surface area (Å²) in [6, 6.07) is 16.1. The number of aryl methyl sites for hydroxylation is 1. The van der Waals surface area contributed by atoms with Gasteiger partial charge in [-0.15, -0.1) is 21.5 Å². The van der Waals surface area contributed by atoms with Gasteiger partial charge in [0.1, 0.15) is 11.3 Å². The van der Waals surface area contributed by atoms with Crippen LogP contribution in [-0.2, 0) is 4.79 Å². The number of aromatic nitrogens is 4. The predicted octanol–water partition coefficient (Wildman–Crippen LogP) is 4.50. The monoisotopic (exact) mass is 423 g/mol. The van der Waals surface area contributed by atoms with Crippen molar-refractivity contribution >= 4 is 39.2 Å². The van der Waals surface area contributed by atoms with Crippen LogP contribution in [0.15, 0.2) is 60.0 Å². The van der Waals surface area contributed by atoms with Crippen LogP contribution in [-0.4, -0.2) is 43.4 Å². The van der Waals surface area contributed by atoms with Gasteiger partial charge < -0.3 is 4.90 Å². The zero-order valence-corrected chi connectivity index (χ0v) is 18.1. The van der Waals surface area contributed by atoms with Gasteiger partial charge in [0.15, 0.2) is 5.16 Å². The van der Waals surface area contributed by atoms with Crippen LogP contribution in [0.3, 0.4) is 0 Å². The Kier molecular flexibility index (Phi) is 5.64. The van der Waals surface area contributed by atoms with Gasteiger partial charge in [0.2, 0.25) is 5.91 Å². The number of thiazole rings is 1. The molecular weight excluding hydrogens is 402 g/mol. The van der Waals surface area contributed by atoms with Crippen molar-refractivity contribution in [3.63, 3.8) is 0 Å². The van der Waals surface area contributed by atoms with Crippen molar-refractivity contribution in [2.45, 2.75) is 25.0 Å². The molecule has 0 bridgehead atoms. The third kappa shape index (κ3) is 4.18. The molecule has 0 fully saturated rings. The highest BCUT2D eigenvalue weighted by atomic mass is 32.2. The Morgan fingerprint density at radius 2 is 1.97 bits per heavy atom. The number of thioether (sulfide) groups is 1. The molecular formula is C21H21N5OS2. The first kappa shape index (κ1) is 19.6. The average molecular weight is 424 g/mol. The maximum Gasteiger partial charge on any atom is 0.233 e. The number of benzene rings is 2. The number of hydrogen-bond donors (Lipinski definition) is 0. The largest absolute Gasteiger partial charge is 0.336 e. The molecule has 0 radical (unpaired) electrons. The Morgan fingerprint density at radius 1 is 1.21 bits per heavy atom. The van der Waals surface area contributed by atoms with Crippen LogP contribution in [0, 0.1) is 6.92 Å². The molecule has 0 N–H and O–H groups in total. The molecule has 1 amide bonds. The van der Waals surface area contributed by atoms with Crippen LogP contribution < -0.4 is 0 Å². The molecule has 0 aliphatic rings. The standard InChI is InChI=1S/C21H21N5OS2/c1-14-8-10-16(11-9-14)26-13-22-24-21(26)28-12-19(27)25(3)15(2)20-23-17-6-4-5-7-18(17)29-20/h4-11,13,15H,12H2,1-3H3. The zero-order chi connectivity index (χ0) is 20.4. The summed E-state index contributed by atoms with van der Waals surface area (Å²) in [7, 11) is 1.82. The first-order valence-corrected chi connectivity index (χ1v) is 11.0. The fourth-order valence-corrected chi connectivity index (χ4v) is 4.80. The van der Waals surface area contributed by atoms with Gasteiger partial charge in [-0.25, -0.2) is 4.98 Å². The molecule has 29 heavy (non-hydrogen) atoms. The van der Waals surface area contributed by atoms with E-state index in [1.54, 1.807) is 22.6 Å². The molecule has 6 nitrogen and oxygen atoms in total. The minimum Gasteiger partial charge on any atom is -0.336 e. The fraction of sp³-hybridized carbons (Fsp3) is 0.238. The van der Waals surface area contributed by atoms with Crippen molar-refractivity contribution in [2.75, 3.05) is 12.8 Å². The Labute approximate surface area is 177 Å². The molecule has 2 aromatic carbocycles. The lowest BCUT2D eigenvalue weighted by Gasteiger charge is -2.23. The van der Waals surface area contributed by atoms with Gasteiger partial charge in [-0.3, -0.25) is 9.36 Å². The molecule has 0 aliphatic heterocycles. The summed E-state index contributed by atoms with van der Waals surface area (Å²) < 4.78 is 3.03. The molecule has 0 aliphatic carbocycles. The lowest BCUT2D eigenvalue weighted by atomic mass is 10.2. The molecule has 148 valence electrons. The van der Waals surface area contributed by atoms with Crippen molar-refractivity contribution < 1.29 is 4.79 Å². The number of hydrogen-bond acceptors (Lipinski definition) is 6. The van der Waals surface area contributed by atoms with Crippen LogP contribution in [0.1, 0.15) is 23.5 Å². The van der Waals surface area contributed by atoms with E-state index in [0.29, 0.717) is 5.16 Å². The molecule has 0 saturated heterocycles. The average Bonchev–Trinajstić information content (AvgIpc) is 3.38. The van der Waals surface area contributed by atoms with E-state index in [0.717, 1.165) is 20.9 Å². The molecule has 2 aromatic heterocycles. The van der Waals surface area contributed by atoms with Crippen molar-refractivity contribution in [3.05, 3.63) is 65.4 Å². The maximum absolute atomic E-state index is 12.8. The van der Waals surface area contributed by atoms with Crippen LogP contribution in [0.2, 0.25) is 0 Å². The van der Waals surface area contributed by atoms with Crippen molar-refractivity contribution in [1.82, 2.24) is 24.6 Å². The Morgan fingerprint density at radius 3 is 2.72 bits per heavy atom. The second-order valence-corrected chi connectivity index (χ2v) is 8.81. The molecule has 8 heteroatoms. The molecule has 0 spiro atoms. The minimum atomic E-state index is -0.0875. The van der Waals surface area contributed by atoms with E-state index in [-0.39, 0.29) is 17.7 Å². The van der Waals surface area contributed by atoms with Crippen molar-refractivity contribution in [2.24, 2.45) is 0 Å². The lowest BCUT2D eigenvalue weighted by Crippen LogP contribution is -2.31. The van der Waals surface area contributed by atoms with E-state index >= 15 is 0 Å². The van der Waals surface area contributed by atoms with Gasteiger partial charge in [-0.2, -0.15) is 0 Å². The SMILES string of the molecule is Cc1ccc(-n2cnnc2SCC(=O)N(C)C(C)c2nc3ccccc3s2)cc1. The first-order chi connectivity index (χ1) is 14.0. The summed E-state index contributed by atoms with van der Waals surface area (Å²) in [4.78, 5) is 19.2. The Balaban J connectivity index is 1.43. The third-order valence-corrected chi connectivity index (χ3v) is 6.93. The zero-order valence-electron chi connectivity index (χ0n) is 16.4. The van der Waals surface area contributed by atoms with Crippen LogP contribution in [0.4, 0.5) is 0 Å². The fourth-order valence-electron chi connectivity index (χ4n) is 2.88. The van der Waals surface area contributed by atoms with E-state index < -0.39 is 0 Å². The third-order valence-electron chi connectivity index (χ3n) is 4.80. The number of para-hydroxylation sites is 1. The van der Waals surface area contributed by atoms with Gasteiger partial charge in [0.25, 0.3) is 0 Å². The quantitative estimate of drug-likeness (QED) is 0.427. The Bertz CT molecular complexity index is 1100. The molecule has 2 heterocycles. The van der Waals surface area contributed by atoms with E-state index in [1.165, 1.54) is 17.3 Å². The summed E-state index contributed by atoms with van der Waals surface area (Å²) in [6.45, 7) is 4.06. The smallest absolute Gasteiger partial charge is 0.233 e. The highest BCUT2D eigenvalue weighted by Gasteiger charge is 2.21. The summed E-state index contributed by atoms with van der Waals surface area (Å²) in [6.07, 6.45) is 1.67. The van der Waals surface area contributed by atoms with Gasteiger partial charge in [-0.05, 0) is 38.1 Å². The summed E-state index contributed by atoms with van der Waals surface area (Å²) in [5, 5.41) is 9.82. The minimum absolute atomic E-state index is 0.0280. The number of rotatable bonds is 6. The number of fused-ring (bicyclic) bond motifs is 1. The number of nitrogens with zero attached hydrogens (tertiary/aromatic N) is 5. The molecule has 0 saturated carbocycles. The normalized spacial score (nSPS) is 12.2. The van der Waals surface area contributed by atoms with Gasteiger partial charge in [0, 0.05) is 12.7 Å². The van der Waals surface area contributed by atoms with Gasteiger partial charge >= 0.3 is 0 Å². The van der Waals surface area contributed by atoms with Crippen LogP contribution >= 0.6 is 23.1 Å². The second kappa shape index (κ2) is 8.34. The van der Waals surface area contributed by atoms with Crippen LogP contribution in [0.25, 0.3) is 15.9 Å². The van der Waals surface area contributed by atoms with E-state index in [2.05, 4.69) is 21.2 Å². The summed E-state index contributed by atoms with van der Waals surface area (Å²) >= 11 is 3.02. The van der Waals surface area contributed by atoms with E-state index in [4.69, 9.17) is 0 Å². The second-order valence-electron chi connectivity index (χ2n) is 6.81. The van der Waals surface area contributed by atoms with Gasteiger partial charge in [-0.1, -0.05) is 41.6 Å². The number of carbonyl (C=O) groups is 1. The lowest BCUT2D eigenvalue weighted by molar-refractivity contribution is -0.128. The van der Waals surface area contributed by atoms with Crippen molar-refractivity contribution in [1.29, 1.82) is 0 Å². The Hall–Kier alpha value is -2.71. The summed E-state index contributed by atoms with van der Waals surface area (Å²) in [5.74, 6) is 0.316.